The van der Waals surface area contributed by atoms with Gasteiger partial charge in [-0.05, 0) is 11.6 Å². The maximum absolute atomic E-state index is 10.9. The lowest BCUT2D eigenvalue weighted by atomic mass is 10.2. The fourth-order valence-corrected chi connectivity index (χ4v) is 0.960. The average molecular weight is 186 g/mol. The van der Waals surface area contributed by atoms with Gasteiger partial charge in [0.2, 0.25) is 5.78 Å². The van der Waals surface area contributed by atoms with Crippen molar-refractivity contribution < 1.29 is 9.58 Å². The van der Waals surface area contributed by atoms with Crippen molar-refractivity contribution in [3.05, 3.63) is 47.5 Å². The van der Waals surface area contributed by atoms with Crippen LogP contribution in [0.25, 0.3) is 11.6 Å². The normalized spacial score (nSPS) is 9.79. The third-order valence-electron chi connectivity index (χ3n) is 1.70. The minimum absolute atomic E-state index is 0.0499. The van der Waals surface area contributed by atoms with Crippen molar-refractivity contribution in [2.75, 3.05) is 0 Å². The highest BCUT2D eigenvalue weighted by atomic mass is 16.1. The molecule has 0 atom stereocenters. The van der Waals surface area contributed by atoms with Gasteiger partial charge in [0.05, 0.1) is 0 Å². The number of allylic oxidation sites excluding steroid dienone is 1. The van der Waals surface area contributed by atoms with Crippen LogP contribution in [0.3, 0.4) is 0 Å². The van der Waals surface area contributed by atoms with Crippen LogP contribution in [0.4, 0.5) is 0 Å². The van der Waals surface area contributed by atoms with Crippen LogP contribution in [-0.2, 0) is 4.79 Å². The van der Waals surface area contributed by atoms with Crippen molar-refractivity contribution in [1.29, 1.82) is 0 Å². The highest BCUT2D eigenvalue weighted by molar-refractivity contribution is 6.41. The first-order valence-corrected chi connectivity index (χ1v) is 4.20. The molecular weight excluding hydrogens is 176 g/mol. The molecule has 3 heteroatoms. The second-order valence-corrected chi connectivity index (χ2v) is 2.79. The van der Waals surface area contributed by atoms with Gasteiger partial charge in [-0.1, -0.05) is 30.3 Å². The van der Waals surface area contributed by atoms with Crippen LogP contribution in [0.15, 0.2) is 36.4 Å². The van der Waals surface area contributed by atoms with Crippen molar-refractivity contribution in [3.8, 4) is 0 Å². The lowest BCUT2D eigenvalue weighted by molar-refractivity contribution is -0.115. The molecule has 0 N–H and O–H groups in total. The summed E-state index contributed by atoms with van der Waals surface area (Å²) in [4.78, 5) is 13.7. The van der Waals surface area contributed by atoms with Gasteiger partial charge in [-0.3, -0.25) is 4.79 Å². The van der Waals surface area contributed by atoms with Gasteiger partial charge in [0.1, 0.15) is 0 Å². The van der Waals surface area contributed by atoms with Crippen LogP contribution in [0.2, 0.25) is 0 Å². The van der Waals surface area contributed by atoms with Gasteiger partial charge < -0.3 is 5.53 Å². The zero-order chi connectivity index (χ0) is 10.4. The van der Waals surface area contributed by atoms with Crippen LogP contribution in [0.5, 0.6) is 0 Å². The lowest BCUT2D eigenvalue weighted by Gasteiger charge is -1.88. The Balaban J connectivity index is 2.84. The fraction of sp³-hybridized carbons (Fsp3) is 0.0909. The van der Waals surface area contributed by atoms with Gasteiger partial charge >= 0.3 is 5.71 Å². The van der Waals surface area contributed by atoms with Crippen molar-refractivity contribution in [2.24, 2.45) is 0 Å². The van der Waals surface area contributed by atoms with Crippen LogP contribution in [0, 0.1) is 0 Å². The molecule has 1 aromatic carbocycles. The number of Topliss-reactive ketones (excluding diaryl/α,β-unsaturated/α-hetero) is 1. The van der Waals surface area contributed by atoms with Crippen molar-refractivity contribution in [3.63, 3.8) is 0 Å². The Labute approximate surface area is 82.3 Å². The first-order chi connectivity index (χ1) is 6.74. The summed E-state index contributed by atoms with van der Waals surface area (Å²) in [6.45, 7) is 1.35. The van der Waals surface area contributed by atoms with Crippen LogP contribution < -0.4 is 0 Å². The summed E-state index contributed by atoms with van der Waals surface area (Å²) in [5.41, 5.74) is 9.49. The van der Waals surface area contributed by atoms with Gasteiger partial charge in [-0.15, -0.1) is 0 Å². The molecule has 0 bridgehead atoms. The number of hydrogen-bond acceptors (Lipinski definition) is 1. The largest absolute Gasteiger partial charge is 0.361 e. The lowest BCUT2D eigenvalue weighted by Crippen LogP contribution is -2.06. The van der Waals surface area contributed by atoms with E-state index in [1.807, 2.05) is 30.3 Å². The molecule has 0 heterocycles. The molecule has 3 nitrogen and oxygen atoms in total. The minimum Gasteiger partial charge on any atom is -0.361 e. The van der Waals surface area contributed by atoms with Crippen LogP contribution in [-0.4, -0.2) is 16.3 Å². The number of ketones is 1. The molecule has 0 aromatic heterocycles. The van der Waals surface area contributed by atoms with E-state index in [1.54, 1.807) is 6.08 Å². The number of benzene rings is 1. The summed E-state index contributed by atoms with van der Waals surface area (Å²) in [6, 6.07) is 9.48. The summed E-state index contributed by atoms with van der Waals surface area (Å²) < 4.78 is 0. The van der Waals surface area contributed by atoms with Gasteiger partial charge in [0.15, 0.2) is 0 Å². The Morgan fingerprint density at radius 2 is 2.00 bits per heavy atom. The Kier molecular flexibility index (Phi) is 3.53. The molecule has 1 aromatic rings. The topological polar surface area (TPSA) is 53.5 Å². The van der Waals surface area contributed by atoms with Crippen molar-refractivity contribution in [2.45, 2.75) is 6.92 Å². The highest BCUT2D eigenvalue weighted by Gasteiger charge is 2.08. The van der Waals surface area contributed by atoms with Crippen LogP contribution in [0.1, 0.15) is 12.5 Å². The smallest absolute Gasteiger partial charge is 0.357 e. The second kappa shape index (κ2) is 4.90. The SMILES string of the molecule is CC(=O)C(/C=C/c1ccccc1)=[N+]=[N-]. The number of carbonyl (C=O) groups excluding carboxylic acids is 1. The van der Waals surface area contributed by atoms with E-state index in [1.165, 1.54) is 13.0 Å². The quantitative estimate of drug-likeness (QED) is 0.404. The Bertz CT molecular complexity index is 401. The van der Waals surface area contributed by atoms with E-state index in [-0.39, 0.29) is 11.5 Å². The molecule has 0 saturated heterocycles. The number of carbonyl (C=O) groups is 1. The van der Waals surface area contributed by atoms with Crippen molar-refractivity contribution >= 4 is 17.6 Å². The van der Waals surface area contributed by atoms with Crippen molar-refractivity contribution in [1.82, 2.24) is 0 Å². The first kappa shape index (κ1) is 10.1. The maximum atomic E-state index is 10.9. The van der Waals surface area contributed by atoms with Crippen LogP contribution >= 0.6 is 0 Å². The van der Waals surface area contributed by atoms with Gasteiger partial charge in [0.25, 0.3) is 0 Å². The number of hydrogen-bond donors (Lipinski definition) is 0. The van der Waals surface area contributed by atoms with E-state index < -0.39 is 0 Å². The van der Waals surface area contributed by atoms with E-state index in [0.29, 0.717) is 0 Å². The molecule has 0 radical (unpaired) electrons. The summed E-state index contributed by atoms with van der Waals surface area (Å²) >= 11 is 0. The molecule has 0 amide bonds. The van der Waals surface area contributed by atoms with Gasteiger partial charge in [0, 0.05) is 13.0 Å². The van der Waals surface area contributed by atoms with Gasteiger partial charge in [-0.25, -0.2) is 0 Å². The molecular formula is C11H10N2O. The molecule has 0 fully saturated rings. The van der Waals surface area contributed by atoms with E-state index in [9.17, 15) is 4.79 Å². The molecule has 0 unspecified atom stereocenters. The predicted molar refractivity (Wildman–Crippen MR) is 54.8 cm³/mol. The van der Waals surface area contributed by atoms with E-state index in [0.717, 1.165) is 5.56 Å². The molecule has 0 aliphatic heterocycles. The van der Waals surface area contributed by atoms with E-state index >= 15 is 0 Å². The summed E-state index contributed by atoms with van der Waals surface area (Å²) in [5, 5.41) is 0. The maximum Gasteiger partial charge on any atom is 0.357 e. The minimum atomic E-state index is -0.264. The van der Waals surface area contributed by atoms with E-state index in [4.69, 9.17) is 5.53 Å². The number of nitrogens with zero attached hydrogens (tertiary/aromatic N) is 2. The number of rotatable bonds is 3. The molecule has 70 valence electrons. The standard InChI is InChI=1S/C11H10N2O/c1-9(14)11(13-12)8-7-10-5-3-2-4-6-10/h2-8H,1H3/b8-7+. The van der Waals surface area contributed by atoms with Gasteiger partial charge in [-0.2, -0.15) is 4.79 Å². The zero-order valence-electron chi connectivity index (χ0n) is 7.84. The molecule has 14 heavy (non-hydrogen) atoms. The molecule has 0 aliphatic carbocycles. The fourth-order valence-electron chi connectivity index (χ4n) is 0.960. The summed E-state index contributed by atoms with van der Waals surface area (Å²) in [5.74, 6) is -0.264. The second-order valence-electron chi connectivity index (χ2n) is 2.79. The summed E-state index contributed by atoms with van der Waals surface area (Å²) in [6.07, 6.45) is 3.20. The Morgan fingerprint density at radius 1 is 1.36 bits per heavy atom. The van der Waals surface area contributed by atoms with E-state index in [2.05, 4.69) is 4.79 Å². The highest BCUT2D eigenvalue weighted by Crippen LogP contribution is 2.00. The summed E-state index contributed by atoms with van der Waals surface area (Å²) in [7, 11) is 0. The Hall–Kier alpha value is -1.99. The predicted octanol–water partition coefficient (Wildman–Crippen LogP) is 1.96. The third-order valence-corrected chi connectivity index (χ3v) is 1.70. The molecule has 0 saturated carbocycles. The first-order valence-electron chi connectivity index (χ1n) is 4.20. The monoisotopic (exact) mass is 186 g/mol. The molecule has 1 rings (SSSR count). The zero-order valence-corrected chi connectivity index (χ0v) is 7.84. The average Bonchev–Trinajstić information content (AvgIpc) is 2.20. The third kappa shape index (κ3) is 2.81. The Morgan fingerprint density at radius 3 is 2.50 bits per heavy atom. The molecule has 0 spiro atoms. The molecule has 0 aliphatic rings.